The summed E-state index contributed by atoms with van der Waals surface area (Å²) in [6, 6.07) is 0. The molecule has 1 amide bonds. The van der Waals surface area contributed by atoms with Gasteiger partial charge in [-0.3, -0.25) is 4.79 Å². The number of hydrogen-bond acceptors (Lipinski definition) is 4. The molecule has 17 heavy (non-hydrogen) atoms. The van der Waals surface area contributed by atoms with Crippen LogP contribution in [0, 0.1) is 12.8 Å². The first kappa shape index (κ1) is 12.7. The van der Waals surface area contributed by atoms with E-state index < -0.39 is 0 Å². The summed E-state index contributed by atoms with van der Waals surface area (Å²) in [6.45, 7) is 2.60. The molecule has 2 heterocycles. The third kappa shape index (κ3) is 2.28. The van der Waals surface area contributed by atoms with Gasteiger partial charge >= 0.3 is 0 Å². The molecule has 4 nitrogen and oxygen atoms in total. The van der Waals surface area contributed by atoms with E-state index in [0.29, 0.717) is 30.5 Å². The summed E-state index contributed by atoms with van der Waals surface area (Å²) < 4.78 is 0.865. The second-order valence-electron chi connectivity index (χ2n) is 4.22. The Hall–Kier alpha value is -0.750. The molecule has 0 saturated carbocycles. The predicted molar refractivity (Wildman–Crippen MR) is 75.4 cm³/mol. The number of amides is 1. The molecule has 1 unspecified atom stereocenters. The lowest BCUT2D eigenvalue weighted by Gasteiger charge is -2.21. The molecule has 1 aromatic heterocycles. The van der Waals surface area contributed by atoms with Gasteiger partial charge in [0.15, 0.2) is 0 Å². The highest BCUT2D eigenvalue weighted by molar-refractivity contribution is 9.10. The second-order valence-corrected chi connectivity index (χ2v) is 5.44. The Balaban J connectivity index is 2.41. The van der Waals surface area contributed by atoms with Crippen molar-refractivity contribution in [3.63, 3.8) is 0 Å². The van der Waals surface area contributed by atoms with Gasteiger partial charge in [0.05, 0.1) is 5.69 Å². The molecule has 2 rings (SSSR count). The van der Waals surface area contributed by atoms with E-state index >= 15 is 0 Å². The van der Waals surface area contributed by atoms with Gasteiger partial charge in [-0.25, -0.2) is 4.98 Å². The first-order valence-electron chi connectivity index (χ1n) is 5.36. The molecule has 1 saturated heterocycles. The number of nitrogens with zero attached hydrogens (tertiary/aromatic N) is 2. The van der Waals surface area contributed by atoms with Crippen LogP contribution in [0.5, 0.6) is 0 Å². The van der Waals surface area contributed by atoms with E-state index in [9.17, 15) is 4.79 Å². The Kier molecular flexibility index (Phi) is 3.63. The van der Waals surface area contributed by atoms with Gasteiger partial charge in [-0.1, -0.05) is 0 Å². The fourth-order valence-corrected chi connectivity index (χ4v) is 2.58. The number of thiol groups is 1. The van der Waals surface area contributed by atoms with Gasteiger partial charge in [-0.15, -0.1) is 0 Å². The summed E-state index contributed by atoms with van der Waals surface area (Å²) >= 11 is 7.65. The number of aromatic nitrogens is 1. The number of carbonyl (C=O) groups excluding carboxylic acids is 1. The molecule has 0 radical (unpaired) electrons. The first-order valence-corrected chi connectivity index (χ1v) is 6.79. The first-order chi connectivity index (χ1) is 8.04. The summed E-state index contributed by atoms with van der Waals surface area (Å²) in [5, 5.41) is 0. The van der Waals surface area contributed by atoms with Gasteiger partial charge in [0.1, 0.15) is 5.82 Å². The summed E-state index contributed by atoms with van der Waals surface area (Å²) in [6.07, 6.45) is 2.19. The molecule has 2 N–H and O–H groups in total. The maximum Gasteiger partial charge on any atom is 0.227 e. The molecule has 1 aliphatic heterocycles. The third-order valence-corrected chi connectivity index (χ3v) is 4.32. The van der Waals surface area contributed by atoms with Crippen LogP contribution in [0.1, 0.15) is 12.0 Å². The maximum absolute atomic E-state index is 12.0. The Morgan fingerprint density at radius 2 is 2.41 bits per heavy atom. The van der Waals surface area contributed by atoms with Crippen molar-refractivity contribution < 1.29 is 4.79 Å². The van der Waals surface area contributed by atoms with Crippen molar-refractivity contribution in [2.75, 3.05) is 22.9 Å². The summed E-state index contributed by atoms with van der Waals surface area (Å²) in [5.41, 5.74) is 7.55. The molecule has 1 aromatic rings. The van der Waals surface area contributed by atoms with Crippen molar-refractivity contribution in [3.8, 4) is 0 Å². The smallest absolute Gasteiger partial charge is 0.227 e. The Morgan fingerprint density at radius 3 is 3.00 bits per heavy atom. The second kappa shape index (κ2) is 4.86. The van der Waals surface area contributed by atoms with E-state index in [0.717, 1.165) is 15.7 Å². The topological polar surface area (TPSA) is 59.2 Å². The minimum Gasteiger partial charge on any atom is -0.382 e. The fourth-order valence-electron chi connectivity index (χ4n) is 2.05. The zero-order valence-corrected chi connectivity index (χ0v) is 12.0. The van der Waals surface area contributed by atoms with E-state index in [1.807, 2.05) is 6.92 Å². The van der Waals surface area contributed by atoms with Gasteiger partial charge in [0, 0.05) is 23.6 Å². The van der Waals surface area contributed by atoms with Gasteiger partial charge in [-0.2, -0.15) is 12.6 Å². The molecule has 92 valence electrons. The van der Waals surface area contributed by atoms with Crippen LogP contribution < -0.4 is 10.6 Å². The monoisotopic (exact) mass is 315 g/mol. The molecule has 0 spiro atoms. The molecule has 1 atom stereocenters. The van der Waals surface area contributed by atoms with Crippen molar-refractivity contribution in [2.45, 2.75) is 13.3 Å². The molecule has 0 aliphatic carbocycles. The molecule has 6 heteroatoms. The minimum atomic E-state index is 0.0961. The normalized spacial score (nSPS) is 20.1. The number of rotatable bonds is 2. The maximum atomic E-state index is 12.0. The highest BCUT2D eigenvalue weighted by Gasteiger charge is 2.32. The van der Waals surface area contributed by atoms with Gasteiger partial charge in [-0.05, 0) is 40.1 Å². The fraction of sp³-hybridized carbons (Fsp3) is 0.455. The lowest BCUT2D eigenvalue weighted by molar-refractivity contribution is -0.117. The highest BCUT2D eigenvalue weighted by Crippen LogP contribution is 2.35. The van der Waals surface area contributed by atoms with Crippen LogP contribution in [0.3, 0.4) is 0 Å². The predicted octanol–water partition coefficient (Wildman–Crippen LogP) is 2.02. The van der Waals surface area contributed by atoms with Crippen molar-refractivity contribution in [3.05, 3.63) is 16.2 Å². The number of nitrogen functional groups attached to an aromatic ring is 1. The van der Waals surface area contributed by atoms with Gasteiger partial charge in [0.2, 0.25) is 5.91 Å². The summed E-state index contributed by atoms with van der Waals surface area (Å²) in [5.74, 6) is 1.50. The lowest BCUT2D eigenvalue weighted by atomic mass is 10.1. The zero-order chi connectivity index (χ0) is 12.6. The Labute approximate surface area is 114 Å². The summed E-state index contributed by atoms with van der Waals surface area (Å²) in [4.78, 5) is 17.8. The van der Waals surface area contributed by atoms with Crippen LogP contribution in [-0.4, -0.2) is 23.2 Å². The molecule has 0 bridgehead atoms. The van der Waals surface area contributed by atoms with Crippen molar-refractivity contribution in [1.29, 1.82) is 0 Å². The standard InChI is InChI=1S/C11H14BrN3OS/c1-6-8(12)3-14-11(13)10(6)15-4-7(5-17)2-9(15)16/h3,7,17H,2,4-5H2,1H3,(H2,13,14). The summed E-state index contributed by atoms with van der Waals surface area (Å²) in [7, 11) is 0. The SMILES string of the molecule is Cc1c(Br)cnc(N)c1N1CC(CS)CC1=O. The molecular weight excluding hydrogens is 302 g/mol. The van der Waals surface area contributed by atoms with Crippen LogP contribution in [-0.2, 0) is 4.79 Å². The Bertz CT molecular complexity index is 466. The van der Waals surface area contributed by atoms with Crippen LogP contribution in [0.4, 0.5) is 11.5 Å². The number of hydrogen-bond donors (Lipinski definition) is 2. The molecule has 0 aromatic carbocycles. The van der Waals surface area contributed by atoms with Crippen molar-refractivity contribution in [2.24, 2.45) is 5.92 Å². The van der Waals surface area contributed by atoms with E-state index in [2.05, 4.69) is 33.5 Å². The molecular formula is C11H14BrN3OS. The lowest BCUT2D eigenvalue weighted by Crippen LogP contribution is -2.27. The number of halogens is 1. The Morgan fingerprint density at radius 1 is 1.71 bits per heavy atom. The van der Waals surface area contributed by atoms with E-state index in [4.69, 9.17) is 5.73 Å². The van der Waals surface area contributed by atoms with Crippen molar-refractivity contribution >= 4 is 46.0 Å². The largest absolute Gasteiger partial charge is 0.382 e. The van der Waals surface area contributed by atoms with E-state index in [1.54, 1.807) is 11.1 Å². The van der Waals surface area contributed by atoms with Crippen molar-refractivity contribution in [1.82, 2.24) is 4.98 Å². The van der Waals surface area contributed by atoms with Crippen LogP contribution in [0.15, 0.2) is 10.7 Å². The number of anilines is 2. The van der Waals surface area contributed by atoms with Crippen LogP contribution in [0.25, 0.3) is 0 Å². The highest BCUT2D eigenvalue weighted by atomic mass is 79.9. The molecule has 1 aliphatic rings. The number of nitrogens with two attached hydrogens (primary N) is 1. The average Bonchev–Trinajstić information content (AvgIpc) is 2.66. The van der Waals surface area contributed by atoms with Gasteiger partial charge < -0.3 is 10.6 Å². The quantitative estimate of drug-likeness (QED) is 0.821. The average molecular weight is 316 g/mol. The van der Waals surface area contributed by atoms with Gasteiger partial charge in [0.25, 0.3) is 0 Å². The van der Waals surface area contributed by atoms with E-state index in [-0.39, 0.29) is 5.91 Å². The number of pyridine rings is 1. The third-order valence-electron chi connectivity index (χ3n) is 3.01. The van der Waals surface area contributed by atoms with Crippen LogP contribution in [0.2, 0.25) is 0 Å². The minimum absolute atomic E-state index is 0.0961. The van der Waals surface area contributed by atoms with Crippen LogP contribution >= 0.6 is 28.6 Å². The molecule has 1 fully saturated rings. The van der Waals surface area contributed by atoms with E-state index in [1.165, 1.54) is 0 Å². The zero-order valence-electron chi connectivity index (χ0n) is 9.48. The number of carbonyl (C=O) groups is 1.